The number of hydrogen-bond donors (Lipinski definition) is 1. The summed E-state index contributed by atoms with van der Waals surface area (Å²) in [4.78, 5) is 5.81. The molecule has 0 fully saturated rings. The van der Waals surface area contributed by atoms with Crippen LogP contribution in [0.2, 0.25) is 0 Å². The van der Waals surface area contributed by atoms with Crippen LogP contribution in [0.15, 0.2) is 22.7 Å². The van der Waals surface area contributed by atoms with Crippen molar-refractivity contribution < 1.29 is 4.98 Å². The largest absolute Gasteiger partial charge is 0.398 e. The Kier molecular flexibility index (Phi) is 2.90. The highest BCUT2D eigenvalue weighted by Gasteiger charge is 2.23. The smallest absolute Gasteiger partial charge is 0.279 e. The number of aromatic nitrogens is 1. The number of fused-ring (bicyclic) bond motifs is 2. The van der Waals surface area contributed by atoms with Gasteiger partial charge in [-0.2, -0.15) is 0 Å². The molecular formula is C14H17BrN3+. The van der Waals surface area contributed by atoms with Gasteiger partial charge in [0.25, 0.3) is 5.82 Å². The quantitative estimate of drug-likeness (QED) is 0.813. The third-order valence-electron chi connectivity index (χ3n) is 3.69. The summed E-state index contributed by atoms with van der Waals surface area (Å²) in [6.07, 6.45) is 3.48. The zero-order chi connectivity index (χ0) is 12.7. The fraction of sp³-hybridized carbons (Fsp3) is 0.357. The number of halogens is 1. The number of hydrogen-bond acceptors (Lipinski definition) is 2. The average molecular weight is 307 g/mol. The first-order valence-corrected chi connectivity index (χ1v) is 7.10. The number of anilines is 2. The average Bonchev–Trinajstić information content (AvgIpc) is 2.54. The van der Waals surface area contributed by atoms with E-state index in [0.29, 0.717) is 0 Å². The SMILES string of the molecule is CN1CCCCc2c1[nH+]c1ccc(Br)cc1c2N. The van der Waals surface area contributed by atoms with Gasteiger partial charge in [-0.1, -0.05) is 15.9 Å². The molecule has 0 bridgehead atoms. The van der Waals surface area contributed by atoms with Crippen molar-refractivity contribution in [2.24, 2.45) is 0 Å². The lowest BCUT2D eigenvalue weighted by Crippen LogP contribution is -2.27. The normalized spacial score (nSPS) is 15.6. The number of pyridine rings is 1. The van der Waals surface area contributed by atoms with Crippen LogP contribution in [0.25, 0.3) is 10.9 Å². The molecule has 3 rings (SSSR count). The third-order valence-corrected chi connectivity index (χ3v) is 4.18. The van der Waals surface area contributed by atoms with E-state index in [4.69, 9.17) is 5.73 Å². The van der Waals surface area contributed by atoms with Crippen LogP contribution in [0.4, 0.5) is 11.5 Å². The second kappa shape index (κ2) is 4.43. The summed E-state index contributed by atoms with van der Waals surface area (Å²) in [7, 11) is 2.13. The van der Waals surface area contributed by atoms with Crippen LogP contribution in [-0.4, -0.2) is 13.6 Å². The molecule has 0 saturated carbocycles. The molecular weight excluding hydrogens is 290 g/mol. The minimum atomic E-state index is 0.925. The molecule has 4 heteroatoms. The lowest BCUT2D eigenvalue weighted by molar-refractivity contribution is -0.330. The van der Waals surface area contributed by atoms with Gasteiger partial charge in [0.15, 0.2) is 0 Å². The molecule has 0 unspecified atom stereocenters. The summed E-state index contributed by atoms with van der Waals surface area (Å²) in [6, 6.07) is 6.21. The highest BCUT2D eigenvalue weighted by molar-refractivity contribution is 9.10. The highest BCUT2D eigenvalue weighted by atomic mass is 79.9. The van der Waals surface area contributed by atoms with Gasteiger partial charge in [-0.25, -0.2) is 4.98 Å². The predicted octanol–water partition coefficient (Wildman–Crippen LogP) is 2.77. The van der Waals surface area contributed by atoms with Crippen LogP contribution in [0.3, 0.4) is 0 Å². The highest BCUT2D eigenvalue weighted by Crippen LogP contribution is 2.32. The second-order valence-corrected chi connectivity index (χ2v) is 5.85. The fourth-order valence-corrected chi connectivity index (χ4v) is 3.04. The van der Waals surface area contributed by atoms with Crippen molar-refractivity contribution in [3.63, 3.8) is 0 Å². The number of nitrogen functional groups attached to an aromatic ring is 1. The fourth-order valence-electron chi connectivity index (χ4n) is 2.68. The Bertz CT molecular complexity index is 610. The van der Waals surface area contributed by atoms with Gasteiger partial charge in [0.2, 0.25) is 0 Å². The predicted molar refractivity (Wildman–Crippen MR) is 78.8 cm³/mol. The summed E-state index contributed by atoms with van der Waals surface area (Å²) < 4.78 is 1.07. The zero-order valence-corrected chi connectivity index (χ0v) is 12.0. The molecule has 0 amide bonds. The molecule has 1 aromatic heterocycles. The molecule has 0 spiro atoms. The number of benzene rings is 1. The molecule has 3 N–H and O–H groups in total. The molecule has 0 atom stereocenters. The molecule has 1 aliphatic rings. The molecule has 0 radical (unpaired) electrons. The molecule has 0 aliphatic carbocycles. The van der Waals surface area contributed by atoms with E-state index in [0.717, 1.165) is 34.0 Å². The molecule has 0 saturated heterocycles. The van der Waals surface area contributed by atoms with Gasteiger partial charge in [0.1, 0.15) is 5.52 Å². The Morgan fingerprint density at radius 1 is 1.33 bits per heavy atom. The van der Waals surface area contributed by atoms with Gasteiger partial charge in [-0.15, -0.1) is 0 Å². The van der Waals surface area contributed by atoms with Gasteiger partial charge in [-0.3, -0.25) is 4.90 Å². The van der Waals surface area contributed by atoms with E-state index in [2.05, 4.69) is 45.0 Å². The first-order chi connectivity index (χ1) is 8.66. The van der Waals surface area contributed by atoms with Crippen LogP contribution < -0.4 is 15.6 Å². The van der Waals surface area contributed by atoms with Gasteiger partial charge in [0.05, 0.1) is 24.8 Å². The van der Waals surface area contributed by atoms with Crippen LogP contribution >= 0.6 is 15.9 Å². The third kappa shape index (κ3) is 1.85. The van der Waals surface area contributed by atoms with Crippen LogP contribution in [0, 0.1) is 0 Å². The first kappa shape index (κ1) is 11.8. The molecule has 1 aromatic carbocycles. The summed E-state index contributed by atoms with van der Waals surface area (Å²) in [6.45, 7) is 1.09. The van der Waals surface area contributed by atoms with Crippen molar-refractivity contribution in [1.82, 2.24) is 0 Å². The number of nitrogens with two attached hydrogens (primary N) is 1. The number of nitrogens with one attached hydrogen (secondary N) is 1. The number of nitrogens with zero attached hydrogens (tertiary/aromatic N) is 1. The molecule has 1 aliphatic heterocycles. The standard InChI is InChI=1S/C14H16BrN3/c1-18-7-3-2-4-10-13(16)11-8-9(15)5-6-12(11)17-14(10)18/h5-6,8H,2-4,7H2,1H3,(H2,16,17)/p+1. The number of H-pyrrole nitrogens is 1. The van der Waals surface area contributed by atoms with Crippen LogP contribution in [0.5, 0.6) is 0 Å². The van der Waals surface area contributed by atoms with Gasteiger partial charge < -0.3 is 5.73 Å². The summed E-state index contributed by atoms with van der Waals surface area (Å²) >= 11 is 3.51. The second-order valence-electron chi connectivity index (χ2n) is 4.93. The molecule has 18 heavy (non-hydrogen) atoms. The summed E-state index contributed by atoms with van der Waals surface area (Å²) in [5.41, 5.74) is 9.66. The van der Waals surface area contributed by atoms with Crippen molar-refractivity contribution in [1.29, 1.82) is 0 Å². The van der Waals surface area contributed by atoms with E-state index in [1.165, 1.54) is 24.2 Å². The molecule has 94 valence electrons. The van der Waals surface area contributed by atoms with E-state index in [9.17, 15) is 0 Å². The lowest BCUT2D eigenvalue weighted by Gasteiger charge is -2.13. The number of rotatable bonds is 0. The van der Waals surface area contributed by atoms with Gasteiger partial charge in [0, 0.05) is 9.86 Å². The monoisotopic (exact) mass is 306 g/mol. The maximum atomic E-state index is 6.37. The first-order valence-electron chi connectivity index (χ1n) is 6.31. The van der Waals surface area contributed by atoms with Crippen molar-refractivity contribution in [3.05, 3.63) is 28.2 Å². The minimum absolute atomic E-state index is 0.925. The van der Waals surface area contributed by atoms with Crippen LogP contribution in [0.1, 0.15) is 18.4 Å². The van der Waals surface area contributed by atoms with Crippen molar-refractivity contribution in [3.8, 4) is 0 Å². The summed E-state index contributed by atoms with van der Waals surface area (Å²) in [5.74, 6) is 1.18. The minimum Gasteiger partial charge on any atom is -0.398 e. The number of aromatic amines is 1. The molecule has 2 aromatic rings. The van der Waals surface area contributed by atoms with Crippen molar-refractivity contribution in [2.75, 3.05) is 24.2 Å². The Hall–Kier alpha value is -1.29. The van der Waals surface area contributed by atoms with Gasteiger partial charge >= 0.3 is 0 Å². The lowest BCUT2D eigenvalue weighted by atomic mass is 10.0. The topological polar surface area (TPSA) is 43.4 Å². The van der Waals surface area contributed by atoms with Crippen molar-refractivity contribution >= 4 is 38.3 Å². The van der Waals surface area contributed by atoms with E-state index in [-0.39, 0.29) is 0 Å². The maximum absolute atomic E-state index is 6.37. The summed E-state index contributed by atoms with van der Waals surface area (Å²) in [5, 5.41) is 1.11. The van der Waals surface area contributed by atoms with E-state index in [1.807, 2.05) is 6.07 Å². The maximum Gasteiger partial charge on any atom is 0.279 e. The van der Waals surface area contributed by atoms with E-state index >= 15 is 0 Å². The molecule has 3 nitrogen and oxygen atoms in total. The van der Waals surface area contributed by atoms with Crippen molar-refractivity contribution in [2.45, 2.75) is 19.3 Å². The Labute approximate surface area is 115 Å². The van der Waals surface area contributed by atoms with Gasteiger partial charge in [-0.05, 0) is 37.5 Å². The van der Waals surface area contributed by atoms with E-state index < -0.39 is 0 Å². The Balaban J connectivity index is 2.31. The van der Waals surface area contributed by atoms with E-state index in [1.54, 1.807) is 0 Å². The Morgan fingerprint density at radius 3 is 3.00 bits per heavy atom. The Morgan fingerprint density at radius 2 is 2.17 bits per heavy atom. The van der Waals surface area contributed by atoms with Crippen LogP contribution in [-0.2, 0) is 6.42 Å². The molecule has 2 heterocycles. The zero-order valence-electron chi connectivity index (χ0n) is 10.5.